The topological polar surface area (TPSA) is 200 Å². The van der Waals surface area contributed by atoms with Gasteiger partial charge in [-0.05, 0) is 19.3 Å². The molecule has 0 saturated heterocycles. The van der Waals surface area contributed by atoms with Gasteiger partial charge in [-0.2, -0.15) is 0 Å². The second-order valence-electron chi connectivity index (χ2n) is 21.6. The Morgan fingerprint density at radius 3 is 0.653 bits per heavy atom. The number of rotatable bonds is 57. The number of unbranched alkanes of at least 4 members (excludes halogenated alkanes) is 42. The minimum absolute atomic E-state index is 0.103. The van der Waals surface area contributed by atoms with Gasteiger partial charge in [0.1, 0.15) is 31.5 Å². The first-order chi connectivity index (χ1) is 36.6. The molecule has 0 aliphatic heterocycles. The van der Waals surface area contributed by atoms with E-state index in [1.165, 1.54) is 250 Å². The van der Waals surface area contributed by atoms with E-state index in [-0.39, 0.29) is 57.5 Å². The maximum atomic E-state index is 11.5. The molecule has 2 atom stereocenters. The van der Waals surface area contributed by atoms with Crippen LogP contribution in [0.25, 0.3) is 0 Å². The lowest BCUT2D eigenvalue weighted by molar-refractivity contribution is -0.153. The summed E-state index contributed by atoms with van der Waals surface area (Å²) >= 11 is 0. The Kier molecular flexibility index (Phi) is 70.5. The van der Waals surface area contributed by atoms with E-state index in [2.05, 4.69) is 20.8 Å². The van der Waals surface area contributed by atoms with Crippen LogP contribution in [0.2, 0.25) is 0 Å². The molecule has 0 fully saturated rings. The van der Waals surface area contributed by atoms with Crippen LogP contribution in [0, 0.1) is 0 Å². The molecule has 0 amide bonds. The van der Waals surface area contributed by atoms with Crippen molar-refractivity contribution in [2.45, 2.75) is 347 Å². The molecule has 12 nitrogen and oxygen atoms in total. The van der Waals surface area contributed by atoms with Crippen LogP contribution >= 0.6 is 0 Å². The van der Waals surface area contributed by atoms with Gasteiger partial charge in [0.15, 0.2) is 0 Å². The van der Waals surface area contributed by atoms with Gasteiger partial charge in [0.25, 0.3) is 0 Å². The number of hydrogen-bond acceptors (Lipinski definition) is 12. The molecule has 2 unspecified atom stereocenters. The minimum atomic E-state index is -0.954. The van der Waals surface area contributed by atoms with Crippen LogP contribution in [0.1, 0.15) is 329 Å². The Bertz CT molecular complexity index is 1050. The van der Waals surface area contributed by atoms with Crippen LogP contribution in [-0.4, -0.2) is 107 Å². The fourth-order valence-corrected chi connectivity index (χ4v) is 8.93. The molecule has 0 spiro atoms. The van der Waals surface area contributed by atoms with E-state index in [1.54, 1.807) is 0 Å². The second kappa shape index (κ2) is 68.3. The Morgan fingerprint density at radius 1 is 0.280 bits per heavy atom. The lowest BCUT2D eigenvalue weighted by Gasteiger charge is -2.12. The van der Waals surface area contributed by atoms with Crippen molar-refractivity contribution in [1.29, 1.82) is 0 Å². The van der Waals surface area contributed by atoms with Gasteiger partial charge in [-0.15, -0.1) is 0 Å². The number of esters is 3. The zero-order valence-electron chi connectivity index (χ0n) is 49.5. The highest BCUT2D eigenvalue weighted by Crippen LogP contribution is 2.17. The van der Waals surface area contributed by atoms with Crippen LogP contribution in [0.15, 0.2) is 0 Å². The van der Waals surface area contributed by atoms with Crippen molar-refractivity contribution in [3.8, 4) is 0 Å². The van der Waals surface area contributed by atoms with Gasteiger partial charge in [-0.1, -0.05) is 290 Å². The number of aliphatic hydroxyl groups is 6. The summed E-state index contributed by atoms with van der Waals surface area (Å²) in [4.78, 5) is 34.2. The molecular weight excluding hydrogens is 949 g/mol. The van der Waals surface area contributed by atoms with Crippen molar-refractivity contribution < 1.29 is 59.2 Å². The van der Waals surface area contributed by atoms with Crippen LogP contribution in [-0.2, 0) is 28.6 Å². The van der Waals surface area contributed by atoms with Crippen LogP contribution in [0.5, 0.6) is 0 Å². The van der Waals surface area contributed by atoms with Gasteiger partial charge in [-0.3, -0.25) is 14.4 Å². The van der Waals surface area contributed by atoms with E-state index in [0.29, 0.717) is 19.3 Å². The highest BCUT2D eigenvalue weighted by molar-refractivity contribution is 5.70. The summed E-state index contributed by atoms with van der Waals surface area (Å²) in [5, 5.41) is 53.1. The zero-order chi connectivity index (χ0) is 55.8. The third-order valence-electron chi connectivity index (χ3n) is 14.0. The van der Waals surface area contributed by atoms with Crippen LogP contribution in [0.4, 0.5) is 0 Å². The standard InChI is InChI=1S/3C21H42O4/c2*1-2-3-4-5-6-7-8-9-10-11-12-13-14-15-16-17-21(24)25-19-20(23)18-22;1-2-3-4-5-6-7-8-9-10-11-12-13-14-15-16-17-21(24)25-20(18-22)19-23/h3*20,22-23H,2-19H2,1H3. The molecule has 0 aromatic heterocycles. The van der Waals surface area contributed by atoms with E-state index in [4.69, 9.17) is 44.8 Å². The quantitative estimate of drug-likeness (QED) is 0.0192. The van der Waals surface area contributed by atoms with Crippen molar-refractivity contribution >= 4 is 17.9 Å². The third kappa shape index (κ3) is 70.2. The Hall–Kier alpha value is -1.83. The van der Waals surface area contributed by atoms with Gasteiger partial charge in [0, 0.05) is 19.3 Å². The number of ether oxygens (including phenoxy) is 3. The number of carbonyl (C=O) groups is 3. The third-order valence-corrected chi connectivity index (χ3v) is 14.0. The molecule has 450 valence electrons. The predicted octanol–water partition coefficient (Wildman–Crippen LogP) is 15.4. The monoisotopic (exact) mass is 1070 g/mol. The summed E-state index contributed by atoms with van der Waals surface area (Å²) in [6.45, 7) is 5.21. The lowest BCUT2D eigenvalue weighted by atomic mass is 10.0. The number of hydrogen-bond donors (Lipinski definition) is 6. The summed E-state index contributed by atoms with van der Waals surface area (Å²) in [7, 11) is 0. The summed E-state index contributed by atoms with van der Waals surface area (Å²) in [6, 6.07) is 0. The van der Waals surface area contributed by atoms with Gasteiger partial charge in [0.2, 0.25) is 0 Å². The Morgan fingerprint density at radius 2 is 0.467 bits per heavy atom. The fourth-order valence-electron chi connectivity index (χ4n) is 8.93. The summed E-state index contributed by atoms with van der Waals surface area (Å²) in [5.41, 5.74) is 0. The van der Waals surface area contributed by atoms with Gasteiger partial charge in [-0.25, -0.2) is 0 Å². The molecule has 0 aliphatic rings. The Labute approximate surface area is 462 Å². The molecule has 0 radical (unpaired) electrons. The molecule has 0 rings (SSSR count). The summed E-state index contributed by atoms with van der Waals surface area (Å²) in [5.74, 6) is -0.868. The second-order valence-corrected chi connectivity index (χ2v) is 21.6. The first-order valence-electron chi connectivity index (χ1n) is 32.0. The van der Waals surface area contributed by atoms with Crippen molar-refractivity contribution in [2.75, 3.05) is 39.6 Å². The van der Waals surface area contributed by atoms with Crippen molar-refractivity contribution in [1.82, 2.24) is 0 Å². The highest BCUT2D eigenvalue weighted by Gasteiger charge is 2.12. The molecular formula is C63H126O12. The van der Waals surface area contributed by atoms with Crippen LogP contribution in [0.3, 0.4) is 0 Å². The highest BCUT2D eigenvalue weighted by atomic mass is 16.6. The molecule has 75 heavy (non-hydrogen) atoms. The molecule has 0 bridgehead atoms. The first-order valence-corrected chi connectivity index (χ1v) is 32.0. The van der Waals surface area contributed by atoms with E-state index < -0.39 is 18.3 Å². The van der Waals surface area contributed by atoms with Gasteiger partial charge in [0.05, 0.1) is 26.4 Å². The predicted molar refractivity (Wildman–Crippen MR) is 311 cm³/mol. The average molecular weight is 1080 g/mol. The van der Waals surface area contributed by atoms with E-state index in [9.17, 15) is 14.4 Å². The van der Waals surface area contributed by atoms with Gasteiger partial charge < -0.3 is 44.8 Å². The molecule has 0 aromatic rings. The molecule has 12 heteroatoms. The summed E-state index contributed by atoms with van der Waals surface area (Å²) in [6.07, 6.45) is 57.2. The van der Waals surface area contributed by atoms with E-state index in [0.717, 1.165) is 38.5 Å². The SMILES string of the molecule is CCCCCCCCCCCCCCCCCC(=O)OC(CO)CO.CCCCCCCCCCCCCCCCCC(=O)OCC(O)CO.CCCCCCCCCCCCCCCCCC(=O)OCC(O)CO. The fraction of sp³-hybridized carbons (Fsp3) is 0.952. The van der Waals surface area contributed by atoms with Crippen molar-refractivity contribution in [2.24, 2.45) is 0 Å². The molecule has 0 heterocycles. The molecule has 6 N–H and O–H groups in total. The van der Waals surface area contributed by atoms with Crippen molar-refractivity contribution in [3.63, 3.8) is 0 Å². The lowest BCUT2D eigenvalue weighted by Crippen LogP contribution is -2.25. The average Bonchev–Trinajstić information content (AvgIpc) is 3.42. The van der Waals surface area contributed by atoms with Crippen LogP contribution < -0.4 is 0 Å². The maximum Gasteiger partial charge on any atom is 0.306 e. The maximum absolute atomic E-state index is 11.5. The molecule has 0 saturated carbocycles. The normalized spacial score (nSPS) is 11.9. The minimum Gasteiger partial charge on any atom is -0.463 e. The van der Waals surface area contributed by atoms with E-state index in [1.807, 2.05) is 0 Å². The number of carbonyl (C=O) groups excluding carboxylic acids is 3. The van der Waals surface area contributed by atoms with Gasteiger partial charge >= 0.3 is 17.9 Å². The molecule has 0 aliphatic carbocycles. The largest absolute Gasteiger partial charge is 0.463 e. The Balaban J connectivity index is -0.00000104. The molecule has 0 aromatic carbocycles. The van der Waals surface area contributed by atoms with E-state index >= 15 is 0 Å². The first kappa shape index (κ1) is 77.4. The zero-order valence-corrected chi connectivity index (χ0v) is 49.5. The summed E-state index contributed by atoms with van der Waals surface area (Å²) < 4.78 is 14.7. The van der Waals surface area contributed by atoms with Crippen molar-refractivity contribution in [3.05, 3.63) is 0 Å². The number of aliphatic hydroxyl groups excluding tert-OH is 6. The smallest absolute Gasteiger partial charge is 0.306 e.